The average molecular weight is 171 g/mol. The van der Waals surface area contributed by atoms with E-state index in [0.717, 1.165) is 6.54 Å². The summed E-state index contributed by atoms with van der Waals surface area (Å²) in [5.41, 5.74) is 0. The number of hydrogen-bond acceptors (Lipinski definition) is 3. The molecule has 0 radical (unpaired) electrons. The Morgan fingerprint density at radius 2 is 2.33 bits per heavy atom. The van der Waals surface area contributed by atoms with E-state index in [0.29, 0.717) is 6.54 Å². The van der Waals surface area contributed by atoms with Crippen LogP contribution in [0.3, 0.4) is 0 Å². The molecule has 0 fully saturated rings. The predicted molar refractivity (Wildman–Crippen MR) is 48.9 cm³/mol. The molecule has 1 unspecified atom stereocenters. The Balaban J connectivity index is 3.98. The highest BCUT2D eigenvalue weighted by atomic mass is 16.5. The zero-order valence-electron chi connectivity index (χ0n) is 8.04. The number of likely N-dealkylation sites (N-methyl/N-ethyl adjacent to an activating group) is 1. The number of hydrogen-bond donors (Lipinski definition) is 0. The Hall–Kier alpha value is -0.830. The summed E-state index contributed by atoms with van der Waals surface area (Å²) in [6.45, 7) is 8.83. The molecule has 0 heterocycles. The third-order valence-corrected chi connectivity index (χ3v) is 1.88. The highest BCUT2D eigenvalue weighted by molar-refractivity contribution is 5.71. The molecule has 0 aliphatic rings. The van der Waals surface area contributed by atoms with Gasteiger partial charge in [-0.15, -0.1) is 6.58 Å². The standard InChI is InChI=1S/C9H17NO2/c1-5-8(3)10(6-2)7-9(11)12-4/h5,8H,1,6-7H2,2-4H3. The minimum atomic E-state index is -0.203. The third-order valence-electron chi connectivity index (χ3n) is 1.88. The van der Waals surface area contributed by atoms with Crippen LogP contribution in [0.4, 0.5) is 0 Å². The van der Waals surface area contributed by atoms with Crippen molar-refractivity contribution in [2.75, 3.05) is 20.2 Å². The maximum atomic E-state index is 10.9. The lowest BCUT2D eigenvalue weighted by atomic mass is 10.3. The van der Waals surface area contributed by atoms with E-state index in [-0.39, 0.29) is 12.0 Å². The van der Waals surface area contributed by atoms with Crippen LogP contribution < -0.4 is 0 Å². The number of ether oxygens (including phenoxy) is 1. The monoisotopic (exact) mass is 171 g/mol. The lowest BCUT2D eigenvalue weighted by Crippen LogP contribution is -2.36. The smallest absolute Gasteiger partial charge is 0.319 e. The summed E-state index contributed by atoms with van der Waals surface area (Å²) in [6.07, 6.45) is 1.81. The number of carbonyl (C=O) groups excluding carboxylic acids is 1. The molecule has 3 nitrogen and oxygen atoms in total. The molecule has 0 aromatic carbocycles. The minimum absolute atomic E-state index is 0.203. The van der Waals surface area contributed by atoms with Crippen molar-refractivity contribution in [2.24, 2.45) is 0 Å². The highest BCUT2D eigenvalue weighted by Gasteiger charge is 2.12. The fourth-order valence-electron chi connectivity index (χ4n) is 0.923. The molecule has 0 N–H and O–H groups in total. The second-order valence-corrected chi connectivity index (χ2v) is 2.62. The Bertz CT molecular complexity index is 157. The van der Waals surface area contributed by atoms with E-state index in [1.165, 1.54) is 7.11 Å². The van der Waals surface area contributed by atoms with Gasteiger partial charge in [0.2, 0.25) is 0 Å². The van der Waals surface area contributed by atoms with Crippen LogP contribution in [0.25, 0.3) is 0 Å². The molecule has 0 aromatic rings. The summed E-state index contributed by atoms with van der Waals surface area (Å²) in [7, 11) is 1.40. The molecule has 0 saturated heterocycles. The Morgan fingerprint density at radius 3 is 2.67 bits per heavy atom. The van der Waals surface area contributed by atoms with Crippen LogP contribution in [0.2, 0.25) is 0 Å². The summed E-state index contributed by atoms with van der Waals surface area (Å²) in [5.74, 6) is -0.203. The first kappa shape index (κ1) is 11.2. The molecule has 0 rings (SSSR count). The zero-order valence-corrected chi connectivity index (χ0v) is 8.04. The van der Waals surface area contributed by atoms with Crippen molar-refractivity contribution >= 4 is 5.97 Å². The molecule has 1 atom stereocenters. The van der Waals surface area contributed by atoms with E-state index in [1.54, 1.807) is 0 Å². The first-order chi connectivity index (χ1) is 5.65. The topological polar surface area (TPSA) is 29.5 Å². The van der Waals surface area contributed by atoms with Crippen LogP contribution in [0, 0.1) is 0 Å². The van der Waals surface area contributed by atoms with Crippen molar-refractivity contribution in [2.45, 2.75) is 19.9 Å². The minimum Gasteiger partial charge on any atom is -0.468 e. The van der Waals surface area contributed by atoms with Gasteiger partial charge in [-0.25, -0.2) is 0 Å². The van der Waals surface area contributed by atoms with E-state index < -0.39 is 0 Å². The molecule has 0 aliphatic carbocycles. The van der Waals surface area contributed by atoms with Gasteiger partial charge in [0.25, 0.3) is 0 Å². The van der Waals surface area contributed by atoms with Crippen molar-refractivity contribution < 1.29 is 9.53 Å². The molecule has 0 amide bonds. The van der Waals surface area contributed by atoms with Crippen molar-refractivity contribution in [3.63, 3.8) is 0 Å². The number of methoxy groups -OCH3 is 1. The van der Waals surface area contributed by atoms with Crippen LogP contribution in [0.5, 0.6) is 0 Å². The van der Waals surface area contributed by atoms with Crippen LogP contribution in [-0.2, 0) is 9.53 Å². The molecule has 0 aliphatic heterocycles. The molecule has 0 spiro atoms. The summed E-state index contributed by atoms with van der Waals surface area (Å²) in [6, 6.07) is 0.217. The summed E-state index contributed by atoms with van der Waals surface area (Å²) in [5, 5.41) is 0. The van der Waals surface area contributed by atoms with Crippen molar-refractivity contribution in [1.29, 1.82) is 0 Å². The first-order valence-corrected chi connectivity index (χ1v) is 4.09. The van der Waals surface area contributed by atoms with Crippen LogP contribution >= 0.6 is 0 Å². The van der Waals surface area contributed by atoms with Gasteiger partial charge in [0.05, 0.1) is 13.7 Å². The molecule has 70 valence electrons. The van der Waals surface area contributed by atoms with Gasteiger partial charge in [-0.1, -0.05) is 13.0 Å². The average Bonchev–Trinajstić information content (AvgIpc) is 2.12. The number of esters is 1. The Kier molecular flexibility index (Phi) is 5.37. The summed E-state index contributed by atoms with van der Waals surface area (Å²) >= 11 is 0. The van der Waals surface area contributed by atoms with Crippen LogP contribution in [0.15, 0.2) is 12.7 Å². The van der Waals surface area contributed by atoms with Gasteiger partial charge in [-0.2, -0.15) is 0 Å². The quantitative estimate of drug-likeness (QED) is 0.457. The van der Waals surface area contributed by atoms with Gasteiger partial charge in [0.15, 0.2) is 0 Å². The maximum absolute atomic E-state index is 10.9. The fraction of sp³-hybridized carbons (Fsp3) is 0.667. The highest BCUT2D eigenvalue weighted by Crippen LogP contribution is 1.99. The van der Waals surface area contributed by atoms with Crippen molar-refractivity contribution in [3.05, 3.63) is 12.7 Å². The summed E-state index contributed by atoms with van der Waals surface area (Å²) < 4.78 is 4.56. The van der Waals surface area contributed by atoms with Crippen LogP contribution in [-0.4, -0.2) is 37.1 Å². The van der Waals surface area contributed by atoms with Gasteiger partial charge in [0.1, 0.15) is 0 Å². The normalized spacial score (nSPS) is 12.7. The molecule has 0 saturated carbocycles. The number of carbonyl (C=O) groups is 1. The molecule has 3 heteroatoms. The lowest BCUT2D eigenvalue weighted by Gasteiger charge is -2.23. The van der Waals surface area contributed by atoms with Gasteiger partial charge >= 0.3 is 5.97 Å². The summed E-state index contributed by atoms with van der Waals surface area (Å²) in [4.78, 5) is 12.9. The van der Waals surface area contributed by atoms with Crippen molar-refractivity contribution in [1.82, 2.24) is 4.90 Å². The molecular formula is C9H17NO2. The Labute approximate surface area is 74.0 Å². The largest absolute Gasteiger partial charge is 0.468 e. The SMILES string of the molecule is C=CC(C)N(CC)CC(=O)OC. The molecule has 0 aromatic heterocycles. The second-order valence-electron chi connectivity index (χ2n) is 2.62. The van der Waals surface area contributed by atoms with Gasteiger partial charge < -0.3 is 4.74 Å². The van der Waals surface area contributed by atoms with Gasteiger partial charge in [-0.3, -0.25) is 9.69 Å². The van der Waals surface area contributed by atoms with Crippen molar-refractivity contribution in [3.8, 4) is 0 Å². The van der Waals surface area contributed by atoms with E-state index in [4.69, 9.17) is 0 Å². The maximum Gasteiger partial charge on any atom is 0.319 e. The van der Waals surface area contributed by atoms with Gasteiger partial charge in [-0.05, 0) is 13.5 Å². The van der Waals surface area contributed by atoms with Crippen LogP contribution in [0.1, 0.15) is 13.8 Å². The molecule has 12 heavy (non-hydrogen) atoms. The lowest BCUT2D eigenvalue weighted by molar-refractivity contribution is -0.142. The first-order valence-electron chi connectivity index (χ1n) is 4.09. The third kappa shape index (κ3) is 3.53. The molecular weight excluding hydrogens is 154 g/mol. The van der Waals surface area contributed by atoms with E-state index in [2.05, 4.69) is 11.3 Å². The van der Waals surface area contributed by atoms with Gasteiger partial charge in [0, 0.05) is 6.04 Å². The predicted octanol–water partition coefficient (Wildman–Crippen LogP) is 1.06. The molecule has 0 bridgehead atoms. The second kappa shape index (κ2) is 5.77. The Morgan fingerprint density at radius 1 is 1.75 bits per heavy atom. The zero-order chi connectivity index (χ0) is 9.56. The number of rotatable bonds is 5. The van der Waals surface area contributed by atoms with E-state index in [1.807, 2.05) is 24.8 Å². The fourth-order valence-corrected chi connectivity index (χ4v) is 0.923. The van der Waals surface area contributed by atoms with E-state index in [9.17, 15) is 4.79 Å². The van der Waals surface area contributed by atoms with E-state index >= 15 is 0 Å². The number of nitrogens with zero attached hydrogens (tertiary/aromatic N) is 1.